The highest BCUT2D eigenvalue weighted by molar-refractivity contribution is 7.98. The van der Waals surface area contributed by atoms with E-state index < -0.39 is 0 Å². The molecular weight excluding hydrogens is 234 g/mol. The smallest absolute Gasteiger partial charge is 0.186 e. The highest BCUT2D eigenvalue weighted by Gasteiger charge is 2.16. The topological polar surface area (TPSA) is 53.3 Å². The van der Waals surface area contributed by atoms with E-state index in [4.69, 9.17) is 0 Å². The fourth-order valence-electron chi connectivity index (χ4n) is 2.32. The summed E-state index contributed by atoms with van der Waals surface area (Å²) in [5.74, 6) is -0.0834. The number of aromatic nitrogens is 2. The van der Waals surface area contributed by atoms with Crippen LogP contribution < -0.4 is 10.0 Å². The molecule has 4 nitrogen and oxygen atoms in total. The van der Waals surface area contributed by atoms with Crippen molar-refractivity contribution in [1.82, 2.24) is 9.97 Å². The van der Waals surface area contributed by atoms with Crippen LogP contribution in [0.2, 0.25) is 0 Å². The third kappa shape index (κ3) is 3.10. The molecule has 0 aromatic carbocycles. The third-order valence-electron chi connectivity index (χ3n) is 3.33. The highest BCUT2D eigenvalue weighted by Crippen LogP contribution is 2.18. The molecular formula is C12H19N3OS. The summed E-state index contributed by atoms with van der Waals surface area (Å²) in [6.07, 6.45) is 5.76. The number of hydrogen-bond acceptors (Lipinski definition) is 4. The average molecular weight is 253 g/mol. The minimum Gasteiger partial charge on any atom is -0.858 e. The molecule has 1 aliphatic rings. The Labute approximate surface area is 106 Å². The molecule has 1 aliphatic heterocycles. The van der Waals surface area contributed by atoms with Crippen molar-refractivity contribution in [2.24, 2.45) is 0 Å². The Balaban J connectivity index is 2.14. The average Bonchev–Trinajstić information content (AvgIpc) is 2.35. The van der Waals surface area contributed by atoms with E-state index in [2.05, 4.69) is 9.97 Å². The molecule has 0 aliphatic carbocycles. The van der Waals surface area contributed by atoms with Gasteiger partial charge in [0.05, 0.1) is 18.8 Å². The summed E-state index contributed by atoms with van der Waals surface area (Å²) in [6.45, 7) is 5.05. The normalized spacial score (nSPS) is 17.3. The van der Waals surface area contributed by atoms with Gasteiger partial charge >= 0.3 is 0 Å². The maximum atomic E-state index is 11.9. The molecule has 0 unspecified atom stereocenters. The lowest BCUT2D eigenvalue weighted by atomic mass is 10.1. The van der Waals surface area contributed by atoms with E-state index in [1.54, 1.807) is 0 Å². The summed E-state index contributed by atoms with van der Waals surface area (Å²) in [7, 11) is 0. The quantitative estimate of drug-likeness (QED) is 0.615. The van der Waals surface area contributed by atoms with Crippen LogP contribution in [0.25, 0.3) is 0 Å². The molecule has 1 aromatic rings. The summed E-state index contributed by atoms with van der Waals surface area (Å²) in [5, 5.41) is 12.5. The lowest BCUT2D eigenvalue weighted by Crippen LogP contribution is -3.11. The molecule has 1 aromatic heterocycles. The SMILES string of the molecule is CSc1nc(C)c(C[NH+]2CCCCC2)c([O-])n1. The van der Waals surface area contributed by atoms with Gasteiger partial charge in [-0.3, -0.25) is 0 Å². The maximum absolute atomic E-state index is 11.9. The first kappa shape index (κ1) is 12.6. The van der Waals surface area contributed by atoms with Crippen molar-refractivity contribution in [3.63, 3.8) is 0 Å². The lowest BCUT2D eigenvalue weighted by Gasteiger charge is -2.25. The molecule has 94 valence electrons. The van der Waals surface area contributed by atoms with Gasteiger partial charge in [0, 0.05) is 11.4 Å². The van der Waals surface area contributed by atoms with E-state index >= 15 is 0 Å². The molecule has 0 radical (unpaired) electrons. The monoisotopic (exact) mass is 253 g/mol. The first-order valence-corrected chi connectivity index (χ1v) is 7.35. The number of likely N-dealkylation sites (tertiary alicyclic amines) is 1. The number of nitrogens with one attached hydrogen (secondary N) is 1. The number of thioether (sulfide) groups is 1. The predicted octanol–water partition coefficient (Wildman–Crippen LogP) is 0.149. The lowest BCUT2D eigenvalue weighted by molar-refractivity contribution is -0.918. The van der Waals surface area contributed by atoms with E-state index in [1.165, 1.54) is 49.0 Å². The summed E-state index contributed by atoms with van der Waals surface area (Å²) < 4.78 is 0. The first-order chi connectivity index (χ1) is 8.20. The van der Waals surface area contributed by atoms with Crippen LogP contribution in [0.4, 0.5) is 0 Å². The van der Waals surface area contributed by atoms with Gasteiger partial charge in [0.2, 0.25) is 0 Å². The number of piperidine rings is 1. The Kier molecular flexibility index (Phi) is 4.23. The Morgan fingerprint density at radius 2 is 1.94 bits per heavy atom. The van der Waals surface area contributed by atoms with Crippen molar-refractivity contribution in [2.45, 2.75) is 37.9 Å². The molecule has 0 saturated carbocycles. The molecule has 0 atom stereocenters. The zero-order valence-electron chi connectivity index (χ0n) is 10.5. The number of quaternary nitrogens is 1. The fourth-order valence-corrected chi connectivity index (χ4v) is 2.72. The number of hydrogen-bond donors (Lipinski definition) is 1. The third-order valence-corrected chi connectivity index (χ3v) is 3.87. The minimum atomic E-state index is -0.0834. The van der Waals surface area contributed by atoms with E-state index in [0.29, 0.717) is 5.16 Å². The molecule has 1 N–H and O–H groups in total. The van der Waals surface area contributed by atoms with Crippen LogP contribution in [0.1, 0.15) is 30.5 Å². The first-order valence-electron chi connectivity index (χ1n) is 6.13. The molecule has 2 rings (SSSR count). The summed E-state index contributed by atoms with van der Waals surface area (Å²) in [4.78, 5) is 9.85. The number of rotatable bonds is 3. The van der Waals surface area contributed by atoms with Crippen molar-refractivity contribution in [3.8, 4) is 5.88 Å². The van der Waals surface area contributed by atoms with Gasteiger partial charge in [-0.1, -0.05) is 11.8 Å². The predicted molar refractivity (Wildman–Crippen MR) is 66.2 cm³/mol. The van der Waals surface area contributed by atoms with Crippen LogP contribution in [-0.2, 0) is 6.54 Å². The van der Waals surface area contributed by atoms with Gasteiger partial charge in [-0.2, -0.15) is 0 Å². The Morgan fingerprint density at radius 3 is 2.53 bits per heavy atom. The van der Waals surface area contributed by atoms with Gasteiger partial charge < -0.3 is 10.0 Å². The van der Waals surface area contributed by atoms with Gasteiger partial charge in [-0.15, -0.1) is 0 Å². The van der Waals surface area contributed by atoms with Crippen molar-refractivity contribution in [3.05, 3.63) is 11.3 Å². The van der Waals surface area contributed by atoms with E-state index in [-0.39, 0.29) is 5.88 Å². The van der Waals surface area contributed by atoms with E-state index in [9.17, 15) is 5.11 Å². The van der Waals surface area contributed by atoms with Crippen LogP contribution in [-0.4, -0.2) is 29.3 Å². The summed E-state index contributed by atoms with van der Waals surface area (Å²) in [5.41, 5.74) is 1.66. The van der Waals surface area contributed by atoms with Crippen LogP contribution in [0.15, 0.2) is 5.16 Å². The van der Waals surface area contributed by atoms with Crippen LogP contribution >= 0.6 is 11.8 Å². The second-order valence-electron chi connectivity index (χ2n) is 4.57. The van der Waals surface area contributed by atoms with Crippen molar-refractivity contribution >= 4 is 11.8 Å². The molecule has 5 heteroatoms. The zero-order chi connectivity index (χ0) is 12.3. The van der Waals surface area contributed by atoms with Gasteiger partial charge in [0.1, 0.15) is 6.54 Å². The van der Waals surface area contributed by atoms with Gasteiger partial charge in [0.15, 0.2) is 5.16 Å². The molecule has 17 heavy (non-hydrogen) atoms. The van der Waals surface area contributed by atoms with E-state index in [1.807, 2.05) is 13.2 Å². The Bertz CT molecular complexity index is 368. The number of nitrogens with zero attached hydrogens (tertiary/aromatic N) is 2. The second kappa shape index (κ2) is 5.69. The molecule has 0 amide bonds. The van der Waals surface area contributed by atoms with Crippen molar-refractivity contribution in [1.29, 1.82) is 0 Å². The van der Waals surface area contributed by atoms with Crippen molar-refractivity contribution in [2.75, 3.05) is 19.3 Å². The van der Waals surface area contributed by atoms with Gasteiger partial charge in [-0.05, 0) is 32.4 Å². The van der Waals surface area contributed by atoms with Gasteiger partial charge in [-0.25, -0.2) is 9.97 Å². The summed E-state index contributed by atoms with van der Waals surface area (Å²) >= 11 is 1.42. The highest BCUT2D eigenvalue weighted by atomic mass is 32.2. The minimum absolute atomic E-state index is 0.0834. The molecule has 0 spiro atoms. The summed E-state index contributed by atoms with van der Waals surface area (Å²) in [6, 6.07) is 0. The largest absolute Gasteiger partial charge is 0.858 e. The second-order valence-corrected chi connectivity index (χ2v) is 5.34. The van der Waals surface area contributed by atoms with Gasteiger partial charge in [0.25, 0.3) is 0 Å². The number of aryl methyl sites for hydroxylation is 1. The molecule has 2 heterocycles. The standard InChI is InChI=1S/C12H19N3OS/c1-9-10(8-15-6-4-3-5-7-15)11(16)14-12(13-9)17-2/h3-8H2,1-2H3,(H,13,14,16). The Hall–Kier alpha value is -0.810. The molecule has 0 bridgehead atoms. The van der Waals surface area contributed by atoms with Crippen molar-refractivity contribution < 1.29 is 10.0 Å². The van der Waals surface area contributed by atoms with Crippen LogP contribution in [0, 0.1) is 6.92 Å². The fraction of sp³-hybridized carbons (Fsp3) is 0.667. The molecule has 1 fully saturated rings. The van der Waals surface area contributed by atoms with Crippen LogP contribution in [0.3, 0.4) is 0 Å². The van der Waals surface area contributed by atoms with Crippen LogP contribution in [0.5, 0.6) is 5.88 Å². The van der Waals surface area contributed by atoms with E-state index in [0.717, 1.165) is 17.8 Å². The zero-order valence-corrected chi connectivity index (χ0v) is 11.3. The Morgan fingerprint density at radius 1 is 1.24 bits per heavy atom. The molecule has 1 saturated heterocycles. The maximum Gasteiger partial charge on any atom is 0.186 e.